The zero-order valence-electron chi connectivity index (χ0n) is 13.1. The zero-order chi connectivity index (χ0) is 15.8. The van der Waals surface area contributed by atoms with Crippen LogP contribution < -0.4 is 0 Å². The highest BCUT2D eigenvalue weighted by molar-refractivity contribution is 7.98. The molecule has 2 aromatic rings. The predicted octanol–water partition coefficient (Wildman–Crippen LogP) is 3.57. The van der Waals surface area contributed by atoms with Crippen LogP contribution in [0.1, 0.15) is 59.4 Å². The normalized spacial score (nSPS) is 17.3. The summed E-state index contributed by atoms with van der Waals surface area (Å²) in [6.45, 7) is 0. The van der Waals surface area contributed by atoms with Crippen molar-refractivity contribution in [3.8, 4) is 0 Å². The molecule has 23 heavy (non-hydrogen) atoms. The summed E-state index contributed by atoms with van der Waals surface area (Å²) in [4.78, 5) is 11.6. The van der Waals surface area contributed by atoms with Crippen molar-refractivity contribution in [1.29, 1.82) is 0 Å². The fourth-order valence-corrected chi connectivity index (χ4v) is 3.69. The van der Waals surface area contributed by atoms with E-state index in [2.05, 4.69) is 14.8 Å². The molecular weight excluding hydrogens is 310 g/mol. The van der Waals surface area contributed by atoms with Crippen molar-refractivity contribution in [3.63, 3.8) is 0 Å². The lowest BCUT2D eigenvalue weighted by molar-refractivity contribution is 0.0600. The number of carbonyl (C=O) groups excluding carboxylic acids is 1. The molecule has 0 radical (unpaired) electrons. The molecule has 0 aliphatic heterocycles. The lowest BCUT2D eigenvalue weighted by Crippen LogP contribution is -2.02. The molecule has 2 aliphatic carbocycles. The number of esters is 1. The highest BCUT2D eigenvalue weighted by Crippen LogP contribution is 2.46. The van der Waals surface area contributed by atoms with Gasteiger partial charge in [-0.25, -0.2) is 4.79 Å². The number of rotatable bonds is 6. The van der Waals surface area contributed by atoms with E-state index in [9.17, 15) is 4.79 Å². The summed E-state index contributed by atoms with van der Waals surface area (Å²) in [5.74, 6) is 2.29. The SMILES string of the molecule is COC(=O)c1cccc(CSc2nnc(C3CC3)n2C2CC2)c1. The van der Waals surface area contributed by atoms with Gasteiger partial charge in [-0.15, -0.1) is 10.2 Å². The van der Waals surface area contributed by atoms with Gasteiger partial charge < -0.3 is 9.30 Å². The van der Waals surface area contributed by atoms with E-state index in [-0.39, 0.29) is 5.97 Å². The molecule has 6 heteroatoms. The average Bonchev–Trinajstić information content (AvgIpc) is 3.51. The van der Waals surface area contributed by atoms with Crippen LogP contribution in [-0.4, -0.2) is 27.8 Å². The number of hydrogen-bond acceptors (Lipinski definition) is 5. The van der Waals surface area contributed by atoms with E-state index in [1.165, 1.54) is 38.6 Å². The van der Waals surface area contributed by atoms with E-state index in [4.69, 9.17) is 4.74 Å². The number of hydrogen-bond donors (Lipinski definition) is 0. The number of nitrogens with zero attached hydrogens (tertiary/aromatic N) is 3. The standard InChI is InChI=1S/C17H19N3O2S/c1-22-16(21)13-4-2-3-11(9-13)10-23-17-19-18-15(12-5-6-12)20(17)14-7-8-14/h2-4,9,12,14H,5-8,10H2,1H3. The molecule has 1 heterocycles. The summed E-state index contributed by atoms with van der Waals surface area (Å²) in [5.41, 5.74) is 1.68. The number of carbonyl (C=O) groups is 1. The second kappa shape index (κ2) is 6.00. The summed E-state index contributed by atoms with van der Waals surface area (Å²) in [6.07, 6.45) is 4.97. The minimum atomic E-state index is -0.297. The first-order chi connectivity index (χ1) is 11.3. The summed E-state index contributed by atoms with van der Waals surface area (Å²) in [6, 6.07) is 8.18. The Bertz CT molecular complexity index is 735. The van der Waals surface area contributed by atoms with Gasteiger partial charge in [-0.3, -0.25) is 0 Å². The average molecular weight is 329 g/mol. The Morgan fingerprint density at radius 2 is 2.13 bits per heavy atom. The molecule has 2 saturated carbocycles. The minimum Gasteiger partial charge on any atom is -0.465 e. The van der Waals surface area contributed by atoms with Crippen molar-refractivity contribution in [2.24, 2.45) is 0 Å². The van der Waals surface area contributed by atoms with Crippen molar-refractivity contribution in [2.75, 3.05) is 7.11 Å². The topological polar surface area (TPSA) is 57.0 Å². The molecule has 2 aliphatic rings. The van der Waals surface area contributed by atoms with E-state index in [0.717, 1.165) is 16.5 Å². The monoisotopic (exact) mass is 329 g/mol. The van der Waals surface area contributed by atoms with Gasteiger partial charge in [-0.1, -0.05) is 23.9 Å². The Morgan fingerprint density at radius 3 is 2.83 bits per heavy atom. The molecule has 0 amide bonds. The van der Waals surface area contributed by atoms with E-state index in [0.29, 0.717) is 17.5 Å². The van der Waals surface area contributed by atoms with Gasteiger partial charge in [0.1, 0.15) is 5.82 Å². The van der Waals surface area contributed by atoms with Crippen molar-refractivity contribution >= 4 is 17.7 Å². The summed E-state index contributed by atoms with van der Waals surface area (Å²) >= 11 is 1.70. The lowest BCUT2D eigenvalue weighted by atomic mass is 10.1. The summed E-state index contributed by atoms with van der Waals surface area (Å²) < 4.78 is 7.13. The maximum absolute atomic E-state index is 11.6. The first-order valence-electron chi connectivity index (χ1n) is 8.01. The van der Waals surface area contributed by atoms with Crippen molar-refractivity contribution in [2.45, 2.75) is 48.6 Å². The Hall–Kier alpha value is -1.82. The molecule has 0 N–H and O–H groups in total. The smallest absolute Gasteiger partial charge is 0.337 e. The van der Waals surface area contributed by atoms with Crippen LogP contribution in [0.4, 0.5) is 0 Å². The third-order valence-corrected chi connectivity index (χ3v) is 5.28. The van der Waals surface area contributed by atoms with Gasteiger partial charge in [0, 0.05) is 17.7 Å². The van der Waals surface area contributed by atoms with Crippen LogP contribution in [0.25, 0.3) is 0 Å². The number of ether oxygens (including phenoxy) is 1. The molecular formula is C17H19N3O2S. The predicted molar refractivity (Wildman–Crippen MR) is 87.6 cm³/mol. The van der Waals surface area contributed by atoms with E-state index in [1.54, 1.807) is 17.8 Å². The molecule has 5 nitrogen and oxygen atoms in total. The number of aromatic nitrogens is 3. The summed E-state index contributed by atoms with van der Waals surface area (Å²) in [7, 11) is 1.40. The Kier molecular flexibility index (Phi) is 3.85. The fourth-order valence-electron chi connectivity index (χ4n) is 2.74. The number of thioether (sulfide) groups is 1. The second-order valence-electron chi connectivity index (χ2n) is 6.20. The maximum atomic E-state index is 11.6. The third-order valence-electron chi connectivity index (χ3n) is 4.26. The fraction of sp³-hybridized carbons (Fsp3) is 0.471. The van der Waals surface area contributed by atoms with Gasteiger partial charge in [-0.05, 0) is 43.4 Å². The van der Waals surface area contributed by atoms with Gasteiger partial charge in [0.2, 0.25) is 0 Å². The zero-order valence-corrected chi connectivity index (χ0v) is 13.9. The number of methoxy groups -OCH3 is 1. The van der Waals surface area contributed by atoms with Gasteiger partial charge >= 0.3 is 5.97 Å². The molecule has 120 valence electrons. The second-order valence-corrected chi connectivity index (χ2v) is 7.14. The Balaban J connectivity index is 1.50. The molecule has 0 unspecified atom stereocenters. The van der Waals surface area contributed by atoms with Crippen LogP contribution in [-0.2, 0) is 10.5 Å². The molecule has 0 atom stereocenters. The van der Waals surface area contributed by atoms with Crippen LogP contribution in [0.2, 0.25) is 0 Å². The molecule has 0 bridgehead atoms. The van der Waals surface area contributed by atoms with Crippen LogP contribution in [0.3, 0.4) is 0 Å². The van der Waals surface area contributed by atoms with Gasteiger partial charge in [0.15, 0.2) is 5.16 Å². The van der Waals surface area contributed by atoms with Crippen LogP contribution in [0.5, 0.6) is 0 Å². The largest absolute Gasteiger partial charge is 0.465 e. The Morgan fingerprint density at radius 1 is 1.30 bits per heavy atom. The molecule has 1 aromatic heterocycles. The highest BCUT2D eigenvalue weighted by Gasteiger charge is 2.36. The van der Waals surface area contributed by atoms with Crippen LogP contribution >= 0.6 is 11.8 Å². The van der Waals surface area contributed by atoms with Crippen molar-refractivity contribution in [3.05, 3.63) is 41.2 Å². The van der Waals surface area contributed by atoms with Crippen molar-refractivity contribution in [1.82, 2.24) is 14.8 Å². The van der Waals surface area contributed by atoms with Gasteiger partial charge in [0.25, 0.3) is 0 Å². The van der Waals surface area contributed by atoms with E-state index < -0.39 is 0 Å². The molecule has 2 fully saturated rings. The third kappa shape index (κ3) is 3.13. The lowest BCUT2D eigenvalue weighted by Gasteiger charge is -2.08. The first kappa shape index (κ1) is 14.8. The van der Waals surface area contributed by atoms with Gasteiger partial charge in [0.05, 0.1) is 12.7 Å². The molecule has 1 aromatic carbocycles. The Labute approximate surface area is 139 Å². The van der Waals surface area contributed by atoms with Crippen LogP contribution in [0.15, 0.2) is 29.4 Å². The quantitative estimate of drug-likeness (QED) is 0.599. The minimum absolute atomic E-state index is 0.297. The molecule has 0 saturated heterocycles. The van der Waals surface area contributed by atoms with E-state index >= 15 is 0 Å². The highest BCUT2D eigenvalue weighted by atomic mass is 32.2. The number of benzene rings is 1. The molecule has 4 rings (SSSR count). The first-order valence-corrected chi connectivity index (χ1v) is 8.99. The molecule has 0 spiro atoms. The van der Waals surface area contributed by atoms with Gasteiger partial charge in [-0.2, -0.15) is 0 Å². The summed E-state index contributed by atoms with van der Waals surface area (Å²) in [5, 5.41) is 9.85. The maximum Gasteiger partial charge on any atom is 0.337 e. The van der Waals surface area contributed by atoms with E-state index in [1.807, 2.05) is 18.2 Å². The van der Waals surface area contributed by atoms with Crippen molar-refractivity contribution < 1.29 is 9.53 Å². The van der Waals surface area contributed by atoms with Crippen LogP contribution in [0, 0.1) is 0 Å².